The summed E-state index contributed by atoms with van der Waals surface area (Å²) in [5.41, 5.74) is 1.09. The van der Waals surface area contributed by atoms with Gasteiger partial charge in [0, 0.05) is 0 Å². The Morgan fingerprint density at radius 1 is 1.00 bits per heavy atom. The molecular formula is C18H33O2Si4. The first kappa shape index (κ1) is 21.5. The van der Waals surface area contributed by atoms with Gasteiger partial charge in [-0.05, 0) is 35.8 Å². The Morgan fingerprint density at radius 3 is 1.96 bits per heavy atom. The van der Waals surface area contributed by atoms with Crippen molar-refractivity contribution >= 4 is 39.1 Å². The summed E-state index contributed by atoms with van der Waals surface area (Å²) in [7, 11) is -3.49. The minimum atomic E-state index is -1.89. The molecule has 0 heterocycles. The van der Waals surface area contributed by atoms with E-state index in [2.05, 4.69) is 84.8 Å². The van der Waals surface area contributed by atoms with Gasteiger partial charge in [-0.2, -0.15) is 0 Å². The van der Waals surface area contributed by atoms with E-state index < -0.39 is 33.0 Å². The van der Waals surface area contributed by atoms with E-state index in [0.717, 1.165) is 17.1 Å². The molecule has 0 aliphatic rings. The van der Waals surface area contributed by atoms with Crippen LogP contribution in [0.1, 0.15) is 26.3 Å². The molecule has 6 heteroatoms. The fraction of sp³-hybridized carbons (Fsp3) is 0.556. The summed E-state index contributed by atoms with van der Waals surface area (Å²) in [6, 6.07) is 6.25. The van der Waals surface area contributed by atoms with Gasteiger partial charge in [-0.1, -0.05) is 65.7 Å². The molecule has 0 saturated carbocycles. The van der Waals surface area contributed by atoms with Crippen LogP contribution in [-0.2, 0) is 0 Å². The van der Waals surface area contributed by atoms with Crippen LogP contribution in [0, 0.1) is 0 Å². The summed E-state index contributed by atoms with van der Waals surface area (Å²) in [4.78, 5) is 0. The smallest absolute Gasteiger partial charge is 0.250 e. The molecule has 1 aromatic carbocycles. The zero-order valence-electron chi connectivity index (χ0n) is 16.8. The molecule has 2 nitrogen and oxygen atoms in total. The van der Waals surface area contributed by atoms with Gasteiger partial charge >= 0.3 is 0 Å². The largest absolute Gasteiger partial charge is 0.547 e. The molecule has 133 valence electrons. The maximum absolute atomic E-state index is 6.61. The van der Waals surface area contributed by atoms with Gasteiger partial charge in [0.15, 0.2) is 0 Å². The number of hydrogen-bond acceptors (Lipinski definition) is 2. The summed E-state index contributed by atoms with van der Waals surface area (Å²) in [5.74, 6) is 1.85. The Kier molecular flexibility index (Phi) is 7.34. The maximum Gasteiger partial charge on any atom is 0.250 e. The van der Waals surface area contributed by atoms with E-state index in [4.69, 9.17) is 8.85 Å². The van der Waals surface area contributed by atoms with Crippen LogP contribution < -0.4 is 8.85 Å². The van der Waals surface area contributed by atoms with Crippen molar-refractivity contribution in [1.29, 1.82) is 0 Å². The molecule has 0 aromatic heterocycles. The average Bonchev–Trinajstić information content (AvgIpc) is 2.43. The SMILES string of the molecule is C=Cc1ccc(O[Si](C)(C)C(C)(C)C)c(O[Si]([Si](C)C)[Si](C)C)c1. The fourth-order valence-electron chi connectivity index (χ4n) is 2.06. The Bertz CT molecular complexity index is 555. The minimum Gasteiger partial charge on any atom is -0.547 e. The molecule has 0 unspecified atom stereocenters. The first-order chi connectivity index (χ1) is 10.9. The molecule has 0 saturated heterocycles. The lowest BCUT2D eigenvalue weighted by Crippen LogP contribution is -2.48. The monoisotopic (exact) mass is 393 g/mol. The van der Waals surface area contributed by atoms with Crippen molar-refractivity contribution in [2.75, 3.05) is 0 Å². The normalized spacial score (nSPS) is 12.8. The summed E-state index contributed by atoms with van der Waals surface area (Å²) in [6.45, 7) is 24.8. The van der Waals surface area contributed by atoms with Gasteiger partial charge < -0.3 is 8.85 Å². The van der Waals surface area contributed by atoms with Crippen LogP contribution in [0.25, 0.3) is 6.08 Å². The number of rotatable bonds is 7. The molecule has 1 aromatic rings. The molecule has 24 heavy (non-hydrogen) atoms. The van der Waals surface area contributed by atoms with E-state index in [1.54, 1.807) is 0 Å². The molecule has 0 aliphatic heterocycles. The van der Waals surface area contributed by atoms with Gasteiger partial charge in [-0.15, -0.1) is 0 Å². The molecule has 0 bridgehead atoms. The summed E-state index contributed by atoms with van der Waals surface area (Å²) in [6.07, 6.45) is 1.88. The summed E-state index contributed by atoms with van der Waals surface area (Å²) < 4.78 is 13.2. The quantitative estimate of drug-likeness (QED) is 0.549. The highest BCUT2D eigenvalue weighted by Crippen LogP contribution is 2.40. The third-order valence-electron chi connectivity index (χ3n) is 4.50. The van der Waals surface area contributed by atoms with Gasteiger partial charge in [0.05, 0.1) is 16.6 Å². The molecule has 1 rings (SSSR count). The molecule has 3 radical (unpaired) electrons. The molecule has 0 aliphatic carbocycles. The van der Waals surface area contributed by atoms with Crippen LogP contribution in [0.5, 0.6) is 11.5 Å². The van der Waals surface area contributed by atoms with E-state index in [1.165, 1.54) is 0 Å². The minimum absolute atomic E-state index is 0.171. The van der Waals surface area contributed by atoms with Crippen molar-refractivity contribution in [3.05, 3.63) is 30.3 Å². The highest BCUT2D eigenvalue weighted by molar-refractivity contribution is 7.47. The molecule has 0 fully saturated rings. The van der Waals surface area contributed by atoms with Gasteiger partial charge in [0.1, 0.15) is 11.5 Å². The standard InChI is InChI=1S/C18H33O2Si4/c1-11-15-12-13-16(20-24(9,10)18(2,3)4)17(14-15)19-23(21(5)6)22(7)8/h11-14H,1H2,2-10H3. The maximum atomic E-state index is 6.61. The van der Waals surface area contributed by atoms with Gasteiger partial charge in [0.25, 0.3) is 8.32 Å². The lowest BCUT2D eigenvalue weighted by atomic mass is 10.2. The molecule has 0 atom stereocenters. The highest BCUT2D eigenvalue weighted by Gasteiger charge is 2.39. The highest BCUT2D eigenvalue weighted by atomic mass is 29.6. The molecule has 0 amide bonds. The molecule has 0 spiro atoms. The van der Waals surface area contributed by atoms with Crippen molar-refractivity contribution < 1.29 is 8.85 Å². The van der Waals surface area contributed by atoms with Crippen molar-refractivity contribution in [3.8, 4) is 11.5 Å². The van der Waals surface area contributed by atoms with Crippen LogP contribution in [0.4, 0.5) is 0 Å². The van der Waals surface area contributed by atoms with E-state index in [-0.39, 0.29) is 5.04 Å². The Balaban J connectivity index is 3.24. The Hall–Kier alpha value is -0.572. The van der Waals surface area contributed by atoms with E-state index in [0.29, 0.717) is 0 Å². The van der Waals surface area contributed by atoms with Crippen molar-refractivity contribution in [2.24, 2.45) is 0 Å². The van der Waals surface area contributed by atoms with Crippen molar-refractivity contribution in [1.82, 2.24) is 0 Å². The lowest BCUT2D eigenvalue weighted by Gasteiger charge is -2.37. The second-order valence-electron chi connectivity index (χ2n) is 8.20. The van der Waals surface area contributed by atoms with Crippen LogP contribution in [-0.4, -0.2) is 33.0 Å². The van der Waals surface area contributed by atoms with Gasteiger partial charge in [-0.3, -0.25) is 0 Å². The van der Waals surface area contributed by atoms with E-state index >= 15 is 0 Å². The zero-order valence-corrected chi connectivity index (χ0v) is 20.8. The van der Waals surface area contributed by atoms with Crippen LogP contribution in [0.3, 0.4) is 0 Å². The fourth-order valence-corrected chi connectivity index (χ4v) is 18.8. The van der Waals surface area contributed by atoms with Crippen LogP contribution in [0.15, 0.2) is 24.8 Å². The first-order valence-electron chi connectivity index (χ1n) is 8.50. The topological polar surface area (TPSA) is 18.5 Å². The Labute approximate surface area is 154 Å². The summed E-state index contributed by atoms with van der Waals surface area (Å²) >= 11 is 0. The third kappa shape index (κ3) is 5.47. The van der Waals surface area contributed by atoms with Crippen molar-refractivity contribution in [3.63, 3.8) is 0 Å². The second-order valence-corrected chi connectivity index (χ2v) is 28.0. The van der Waals surface area contributed by atoms with E-state index in [9.17, 15) is 0 Å². The van der Waals surface area contributed by atoms with Crippen LogP contribution >= 0.6 is 0 Å². The number of hydrogen-bond donors (Lipinski definition) is 0. The lowest BCUT2D eigenvalue weighted by molar-refractivity contribution is 0.466. The van der Waals surface area contributed by atoms with Gasteiger partial charge in [-0.25, -0.2) is 0 Å². The summed E-state index contributed by atoms with van der Waals surface area (Å²) in [5, 5.41) is 0.171. The molecule has 0 N–H and O–H groups in total. The van der Waals surface area contributed by atoms with Crippen molar-refractivity contribution in [2.45, 2.75) is 65.1 Å². The predicted octanol–water partition coefficient (Wildman–Crippen LogP) is 5.75. The van der Waals surface area contributed by atoms with Gasteiger partial charge in [0.2, 0.25) is 8.08 Å². The van der Waals surface area contributed by atoms with Crippen LogP contribution in [0.2, 0.25) is 44.3 Å². The Morgan fingerprint density at radius 2 is 1.54 bits per heavy atom. The van der Waals surface area contributed by atoms with E-state index in [1.807, 2.05) is 6.08 Å². The zero-order chi connectivity index (χ0) is 18.7. The third-order valence-corrected chi connectivity index (χ3v) is 26.1. The average molecular weight is 394 g/mol. The number of benzene rings is 1. The predicted molar refractivity (Wildman–Crippen MR) is 116 cm³/mol. The second kappa shape index (κ2) is 8.20. The first-order valence-corrected chi connectivity index (χ1v) is 19.8. The molecular weight excluding hydrogens is 361 g/mol.